The van der Waals surface area contributed by atoms with Crippen LogP contribution in [0.4, 0.5) is 5.69 Å². The van der Waals surface area contributed by atoms with Crippen LogP contribution in [0.1, 0.15) is 49.4 Å². The van der Waals surface area contributed by atoms with Gasteiger partial charge < -0.3 is 19.7 Å². The molecule has 156 valence electrons. The molecule has 1 aromatic rings. The van der Waals surface area contributed by atoms with Gasteiger partial charge in [-0.2, -0.15) is 0 Å². The van der Waals surface area contributed by atoms with E-state index >= 15 is 0 Å². The van der Waals surface area contributed by atoms with Crippen LogP contribution >= 0.6 is 0 Å². The number of hydrogen-bond donors (Lipinski definition) is 1. The maximum atomic E-state index is 12.3. The summed E-state index contributed by atoms with van der Waals surface area (Å²) >= 11 is 0. The highest BCUT2D eigenvalue weighted by atomic mass is 16.5. The molecule has 1 aliphatic carbocycles. The topological polar surface area (TPSA) is 102 Å². The van der Waals surface area contributed by atoms with Crippen LogP contribution < -0.4 is 5.32 Å². The Morgan fingerprint density at radius 1 is 1.14 bits per heavy atom. The van der Waals surface area contributed by atoms with Gasteiger partial charge in [-0.15, -0.1) is 0 Å². The van der Waals surface area contributed by atoms with Crippen LogP contribution in [-0.4, -0.2) is 54.5 Å². The van der Waals surface area contributed by atoms with Gasteiger partial charge in [0.05, 0.1) is 23.8 Å². The highest BCUT2D eigenvalue weighted by molar-refractivity contribution is 6.02. The number of amides is 2. The molecule has 0 spiro atoms. The summed E-state index contributed by atoms with van der Waals surface area (Å²) in [5, 5.41) is 2.56. The Morgan fingerprint density at radius 3 is 2.59 bits per heavy atom. The first-order valence-corrected chi connectivity index (χ1v) is 10.0. The van der Waals surface area contributed by atoms with Crippen LogP contribution in [0.5, 0.6) is 0 Å². The van der Waals surface area contributed by atoms with Crippen LogP contribution in [-0.2, 0) is 23.9 Å². The molecule has 1 saturated heterocycles. The smallest absolute Gasteiger partial charge is 0.340 e. The third kappa shape index (κ3) is 5.13. The van der Waals surface area contributed by atoms with Gasteiger partial charge in [-0.3, -0.25) is 14.4 Å². The monoisotopic (exact) mass is 402 g/mol. The Labute approximate surface area is 169 Å². The number of rotatable bonds is 7. The van der Waals surface area contributed by atoms with Crippen LogP contribution in [0.25, 0.3) is 0 Å². The second-order valence-electron chi connectivity index (χ2n) is 7.31. The Bertz CT molecular complexity index is 787. The van der Waals surface area contributed by atoms with Crippen molar-refractivity contribution in [3.63, 3.8) is 0 Å². The number of nitrogens with zero attached hydrogens (tertiary/aromatic N) is 1. The lowest BCUT2D eigenvalue weighted by molar-refractivity contribution is -0.151. The quantitative estimate of drug-likeness (QED) is 0.701. The molecule has 2 aliphatic rings. The van der Waals surface area contributed by atoms with Crippen LogP contribution in [0, 0.1) is 5.92 Å². The molecule has 8 nitrogen and oxygen atoms in total. The minimum atomic E-state index is -0.563. The zero-order chi connectivity index (χ0) is 20.8. The molecule has 1 heterocycles. The van der Waals surface area contributed by atoms with Crippen molar-refractivity contribution in [2.75, 3.05) is 25.1 Å². The first kappa shape index (κ1) is 20.8. The van der Waals surface area contributed by atoms with Gasteiger partial charge in [0.1, 0.15) is 0 Å². The lowest BCUT2D eigenvalue weighted by Gasteiger charge is -2.23. The summed E-state index contributed by atoms with van der Waals surface area (Å²) in [6.07, 6.45) is 4.31. The zero-order valence-electron chi connectivity index (χ0n) is 16.5. The normalized spacial score (nSPS) is 19.3. The van der Waals surface area contributed by atoms with Crippen molar-refractivity contribution >= 4 is 29.4 Å². The first-order chi connectivity index (χ1) is 14.0. The summed E-state index contributed by atoms with van der Waals surface area (Å²) in [6, 6.07) is 6.67. The molecular weight excluding hydrogens is 376 g/mol. The fourth-order valence-electron chi connectivity index (χ4n) is 3.88. The van der Waals surface area contributed by atoms with E-state index in [1.165, 1.54) is 0 Å². The minimum Gasteiger partial charge on any atom is -0.462 e. The highest BCUT2D eigenvalue weighted by Crippen LogP contribution is 2.29. The second-order valence-corrected chi connectivity index (χ2v) is 7.31. The average Bonchev–Trinajstić information content (AvgIpc) is 3.36. The van der Waals surface area contributed by atoms with Gasteiger partial charge >= 0.3 is 11.9 Å². The largest absolute Gasteiger partial charge is 0.462 e. The van der Waals surface area contributed by atoms with E-state index in [1.807, 2.05) is 0 Å². The molecule has 2 fully saturated rings. The number of esters is 2. The van der Waals surface area contributed by atoms with E-state index in [9.17, 15) is 19.2 Å². The van der Waals surface area contributed by atoms with Crippen LogP contribution in [0.3, 0.4) is 0 Å². The van der Waals surface area contributed by atoms with E-state index in [0.717, 1.165) is 25.7 Å². The predicted molar refractivity (Wildman–Crippen MR) is 104 cm³/mol. The fraction of sp³-hybridized carbons (Fsp3) is 0.524. The number of para-hydroxylation sites is 1. The third-order valence-corrected chi connectivity index (χ3v) is 5.30. The van der Waals surface area contributed by atoms with Crippen LogP contribution in [0.15, 0.2) is 24.3 Å². The van der Waals surface area contributed by atoms with Gasteiger partial charge in [-0.1, -0.05) is 25.0 Å². The van der Waals surface area contributed by atoms with Crippen molar-refractivity contribution in [2.24, 2.45) is 5.92 Å². The van der Waals surface area contributed by atoms with Gasteiger partial charge in [0.15, 0.2) is 6.61 Å². The Kier molecular flexibility index (Phi) is 6.85. The highest BCUT2D eigenvalue weighted by Gasteiger charge is 2.39. The zero-order valence-corrected chi connectivity index (χ0v) is 16.5. The SMILES string of the molecule is CCOC(=O)c1ccccc1NC(=O)COC(=O)[C@H]1CC(=O)N(C2CCCC2)C1. The molecular formula is C21H26N2O6. The second kappa shape index (κ2) is 9.54. The summed E-state index contributed by atoms with van der Waals surface area (Å²) in [5.41, 5.74) is 0.512. The third-order valence-electron chi connectivity index (χ3n) is 5.30. The molecule has 1 saturated carbocycles. The van der Waals surface area contributed by atoms with Gasteiger partial charge in [0.25, 0.3) is 5.91 Å². The Balaban J connectivity index is 1.50. The summed E-state index contributed by atoms with van der Waals surface area (Å²) in [4.78, 5) is 50.5. The molecule has 0 bridgehead atoms. The van der Waals surface area contributed by atoms with Crippen molar-refractivity contribution in [2.45, 2.75) is 45.1 Å². The minimum absolute atomic E-state index is 0.0216. The number of likely N-dealkylation sites (tertiary alicyclic amines) is 1. The summed E-state index contributed by atoms with van der Waals surface area (Å²) in [7, 11) is 0. The fourth-order valence-corrected chi connectivity index (χ4v) is 3.88. The van der Waals surface area contributed by atoms with Gasteiger partial charge in [0.2, 0.25) is 5.91 Å². The molecule has 1 aliphatic heterocycles. The molecule has 1 atom stereocenters. The lowest BCUT2D eigenvalue weighted by atomic mass is 10.1. The molecule has 0 radical (unpaired) electrons. The van der Waals surface area contributed by atoms with E-state index in [1.54, 1.807) is 36.1 Å². The number of hydrogen-bond acceptors (Lipinski definition) is 6. The summed E-state index contributed by atoms with van der Waals surface area (Å²) in [6.45, 7) is 1.79. The predicted octanol–water partition coefficient (Wildman–Crippen LogP) is 2.14. The summed E-state index contributed by atoms with van der Waals surface area (Å²) < 4.78 is 10.1. The van der Waals surface area contributed by atoms with Crippen molar-refractivity contribution in [1.82, 2.24) is 4.90 Å². The number of nitrogens with one attached hydrogen (secondary N) is 1. The number of carbonyl (C=O) groups excluding carboxylic acids is 4. The number of benzene rings is 1. The summed E-state index contributed by atoms with van der Waals surface area (Å²) in [5.74, 6) is -2.22. The number of carbonyl (C=O) groups is 4. The van der Waals surface area contributed by atoms with Crippen LogP contribution in [0.2, 0.25) is 0 Å². The molecule has 8 heteroatoms. The van der Waals surface area contributed by atoms with Gasteiger partial charge in [-0.05, 0) is 31.9 Å². The average molecular weight is 402 g/mol. The van der Waals surface area contributed by atoms with Crippen molar-refractivity contribution < 1.29 is 28.7 Å². The van der Waals surface area contributed by atoms with E-state index in [2.05, 4.69) is 5.32 Å². The molecule has 29 heavy (non-hydrogen) atoms. The van der Waals surface area contributed by atoms with Crippen molar-refractivity contribution in [1.29, 1.82) is 0 Å². The van der Waals surface area contributed by atoms with E-state index in [4.69, 9.17) is 9.47 Å². The number of anilines is 1. The van der Waals surface area contributed by atoms with Gasteiger partial charge in [-0.25, -0.2) is 4.79 Å². The molecule has 1 aromatic carbocycles. The van der Waals surface area contributed by atoms with Gasteiger partial charge in [0, 0.05) is 19.0 Å². The maximum Gasteiger partial charge on any atom is 0.340 e. The lowest BCUT2D eigenvalue weighted by Crippen LogP contribution is -2.35. The molecule has 0 unspecified atom stereocenters. The first-order valence-electron chi connectivity index (χ1n) is 10.0. The molecule has 1 N–H and O–H groups in total. The molecule has 2 amide bonds. The van der Waals surface area contributed by atoms with E-state index in [0.29, 0.717) is 6.54 Å². The Hall–Kier alpha value is -2.90. The maximum absolute atomic E-state index is 12.3. The van der Waals surface area contributed by atoms with Crippen molar-refractivity contribution in [3.05, 3.63) is 29.8 Å². The van der Waals surface area contributed by atoms with Crippen molar-refractivity contribution in [3.8, 4) is 0 Å². The van der Waals surface area contributed by atoms with E-state index < -0.39 is 30.4 Å². The van der Waals surface area contributed by atoms with E-state index in [-0.39, 0.29) is 36.2 Å². The molecule has 0 aromatic heterocycles. The number of ether oxygens (including phenoxy) is 2. The standard InChI is InChI=1S/C21H26N2O6/c1-2-28-21(27)16-9-5-6-10-17(16)22-18(24)13-29-20(26)14-11-19(25)23(12-14)15-7-3-4-8-15/h5-6,9-10,14-15H,2-4,7-8,11-13H2,1H3,(H,22,24)/t14-/m0/s1. The Morgan fingerprint density at radius 2 is 1.86 bits per heavy atom. The molecule has 3 rings (SSSR count).